The number of halogens is 3. The molecule has 1 aliphatic carbocycles. The maximum absolute atomic E-state index is 16.2. The molecule has 6 aromatic rings. The number of primary amides is 1. The van der Waals surface area contributed by atoms with Gasteiger partial charge in [-0.25, -0.2) is 13.6 Å². The molecule has 10 rings (SSSR count). The van der Waals surface area contributed by atoms with E-state index in [1.165, 1.54) is 35.8 Å². The minimum Gasteiger partial charge on any atom is -0.494 e. The molecule has 2 saturated heterocycles. The number of nitrogens with two attached hydrogens (primary N) is 1. The summed E-state index contributed by atoms with van der Waals surface area (Å²) in [4.78, 5) is 54.5. The van der Waals surface area contributed by atoms with Gasteiger partial charge in [0, 0.05) is 97.0 Å². The summed E-state index contributed by atoms with van der Waals surface area (Å²) in [5.41, 5.74) is 9.48. The van der Waals surface area contributed by atoms with Crippen LogP contribution in [-0.2, 0) is 22.2 Å². The molecule has 4 heterocycles. The van der Waals surface area contributed by atoms with E-state index in [4.69, 9.17) is 26.8 Å². The zero-order valence-corrected chi connectivity index (χ0v) is 40.5. The number of methoxy groups -OCH3 is 1. The fraction of sp³-hybridized carbons (Fsp3) is 0.352. The SMILES string of the molecule is COc1ccc(C(N)=O)c(-c2c(Cl)c(F)cc3c2C(C)C(CNC2CCC(C(=O)Nc4ccc(N5CCC(c6ccc7c(N8CCC(=O)NC8=O)nn(C)c7c6)CC5)cc4)CC2)(c2ccccc2)O3)c1F. The summed E-state index contributed by atoms with van der Waals surface area (Å²) in [5.74, 6) is -2.69. The van der Waals surface area contributed by atoms with Gasteiger partial charge < -0.3 is 30.7 Å². The summed E-state index contributed by atoms with van der Waals surface area (Å²) in [7, 11) is 3.17. The van der Waals surface area contributed by atoms with Gasteiger partial charge in [0.05, 0.1) is 23.2 Å². The number of imide groups is 1. The lowest BCUT2D eigenvalue weighted by Gasteiger charge is -2.37. The Bertz CT molecular complexity index is 3060. The van der Waals surface area contributed by atoms with Crippen LogP contribution in [0.3, 0.4) is 0 Å². The van der Waals surface area contributed by atoms with Crippen molar-refractivity contribution >= 4 is 63.4 Å². The Labute approximate surface area is 414 Å². The number of amides is 5. The minimum atomic E-state index is -1.09. The third-order valence-corrected chi connectivity index (χ3v) is 15.5. The molecule has 0 spiro atoms. The first-order chi connectivity index (χ1) is 34.2. The molecule has 14 nitrogen and oxygen atoms in total. The highest BCUT2D eigenvalue weighted by Crippen LogP contribution is 2.56. The number of nitrogens with zero attached hydrogens (tertiary/aromatic N) is 4. The average molecular weight is 986 g/mol. The molecule has 2 unspecified atom stereocenters. The molecule has 0 bridgehead atoms. The molecule has 3 fully saturated rings. The molecule has 5 amide bonds. The Morgan fingerprint density at radius 1 is 0.930 bits per heavy atom. The maximum Gasteiger partial charge on any atom is 0.329 e. The summed E-state index contributed by atoms with van der Waals surface area (Å²) in [6.45, 7) is 4.28. The predicted octanol–water partition coefficient (Wildman–Crippen LogP) is 9.29. The van der Waals surface area contributed by atoms with Crippen molar-refractivity contribution in [2.75, 3.05) is 48.4 Å². The number of piperidine rings is 1. The van der Waals surface area contributed by atoms with Crippen molar-refractivity contribution in [3.8, 4) is 22.6 Å². The Morgan fingerprint density at radius 3 is 2.35 bits per heavy atom. The van der Waals surface area contributed by atoms with Crippen molar-refractivity contribution < 1.29 is 37.4 Å². The van der Waals surface area contributed by atoms with E-state index in [0.717, 1.165) is 66.6 Å². The largest absolute Gasteiger partial charge is 0.494 e. The highest BCUT2D eigenvalue weighted by Gasteiger charge is 2.50. The van der Waals surface area contributed by atoms with Gasteiger partial charge in [0.15, 0.2) is 23.0 Å². The zero-order valence-electron chi connectivity index (χ0n) is 39.7. The van der Waals surface area contributed by atoms with E-state index >= 15 is 8.78 Å². The van der Waals surface area contributed by atoms with Crippen molar-refractivity contribution in [1.82, 2.24) is 20.4 Å². The number of fused-ring (bicyclic) bond motifs is 2. The van der Waals surface area contributed by atoms with Gasteiger partial charge in [0.25, 0.3) is 0 Å². The summed E-state index contributed by atoms with van der Waals surface area (Å²) in [6, 6.07) is 27.4. The van der Waals surface area contributed by atoms with Crippen LogP contribution in [0.2, 0.25) is 5.02 Å². The lowest BCUT2D eigenvalue weighted by molar-refractivity contribution is -0.121. The van der Waals surface area contributed by atoms with E-state index in [-0.39, 0.29) is 63.4 Å². The predicted molar refractivity (Wildman–Crippen MR) is 268 cm³/mol. The normalized spacial score (nSPS) is 21.5. The summed E-state index contributed by atoms with van der Waals surface area (Å²) in [5, 5.41) is 14.4. The second-order valence-electron chi connectivity index (χ2n) is 19.1. The summed E-state index contributed by atoms with van der Waals surface area (Å²) < 4.78 is 45.8. The Hall–Kier alpha value is -7.04. The molecule has 3 aliphatic heterocycles. The minimum absolute atomic E-state index is 0.0142. The van der Waals surface area contributed by atoms with Crippen LogP contribution in [0.5, 0.6) is 11.5 Å². The second kappa shape index (κ2) is 19.3. The van der Waals surface area contributed by atoms with Crippen molar-refractivity contribution in [2.24, 2.45) is 18.7 Å². The van der Waals surface area contributed by atoms with E-state index < -0.39 is 35.1 Å². The van der Waals surface area contributed by atoms with Gasteiger partial charge in [-0.3, -0.25) is 29.3 Å². The lowest BCUT2D eigenvalue weighted by atomic mass is 9.77. The van der Waals surface area contributed by atoms with Crippen LogP contribution in [-0.4, -0.2) is 72.9 Å². The molecule has 0 radical (unpaired) electrons. The van der Waals surface area contributed by atoms with Crippen molar-refractivity contribution in [1.29, 1.82) is 0 Å². The molecule has 1 aromatic heterocycles. The molecule has 17 heteroatoms. The van der Waals surface area contributed by atoms with E-state index in [0.29, 0.717) is 43.2 Å². The third-order valence-electron chi connectivity index (χ3n) is 15.1. The average Bonchev–Trinajstić information content (AvgIpc) is 3.86. The van der Waals surface area contributed by atoms with Gasteiger partial charge >= 0.3 is 6.03 Å². The number of urea groups is 1. The van der Waals surface area contributed by atoms with E-state index in [9.17, 15) is 19.2 Å². The van der Waals surface area contributed by atoms with E-state index in [1.54, 1.807) is 4.68 Å². The van der Waals surface area contributed by atoms with Crippen LogP contribution in [0.25, 0.3) is 22.0 Å². The van der Waals surface area contributed by atoms with Gasteiger partial charge in [0.1, 0.15) is 11.6 Å². The quantitative estimate of drug-likeness (QED) is 0.0933. The number of aryl methyl sites for hydroxylation is 1. The monoisotopic (exact) mass is 984 g/mol. The van der Waals surface area contributed by atoms with Crippen LogP contribution in [0.1, 0.15) is 90.8 Å². The van der Waals surface area contributed by atoms with Crippen LogP contribution in [0.4, 0.5) is 30.8 Å². The number of carbonyl (C=O) groups excluding carboxylic acids is 4. The number of anilines is 3. The Balaban J connectivity index is 0.756. The van der Waals surface area contributed by atoms with Gasteiger partial charge in [-0.2, -0.15) is 5.10 Å². The fourth-order valence-electron chi connectivity index (χ4n) is 11.2. The molecule has 71 heavy (non-hydrogen) atoms. The first-order valence-corrected chi connectivity index (χ1v) is 24.5. The standard InChI is InChI=1S/C54H55ClF2N8O6/c1-30-45-43(28-40(56)48(55)47(45)46-39(50(58)67)19-20-42(70-3)49(46)57)71-54(30,34-7-5-4-6-8-34)29-59-35-12-9-32(10-13-35)52(68)60-36-14-16-37(17-15-36)64-24-21-31(22-25-64)33-11-18-38-41(27-33)63(2)62-51(38)65-26-23-44(66)61-53(65)69/h4-8,11,14-20,27-28,30-32,35,59H,9-10,12-13,21-26,29H2,1-3H3,(H2,58,67)(H,60,68)(H,61,66,69). The van der Waals surface area contributed by atoms with Crippen LogP contribution in [0.15, 0.2) is 91.0 Å². The number of carbonyl (C=O) groups is 4. The lowest BCUT2D eigenvalue weighted by Crippen LogP contribution is -2.49. The Kier molecular flexibility index (Phi) is 12.9. The second-order valence-corrected chi connectivity index (χ2v) is 19.5. The van der Waals surface area contributed by atoms with Gasteiger partial charge in [-0.05, 0) is 104 Å². The highest BCUT2D eigenvalue weighted by molar-refractivity contribution is 6.34. The molecular formula is C54H55ClF2N8O6. The molecule has 1 saturated carbocycles. The molecule has 2 atom stereocenters. The molecule has 4 aliphatic rings. The van der Waals surface area contributed by atoms with Crippen molar-refractivity contribution in [2.45, 2.75) is 75.3 Å². The first kappa shape index (κ1) is 47.6. The number of ether oxygens (including phenoxy) is 2. The zero-order chi connectivity index (χ0) is 49.7. The number of nitrogens with one attached hydrogen (secondary N) is 3. The summed E-state index contributed by atoms with van der Waals surface area (Å²) >= 11 is 6.69. The topological polar surface area (TPSA) is 173 Å². The number of hydrogen-bond donors (Lipinski definition) is 4. The molecule has 368 valence electrons. The number of aromatic nitrogens is 2. The van der Waals surface area contributed by atoms with E-state index in [2.05, 4.69) is 50.2 Å². The Morgan fingerprint density at radius 2 is 1.66 bits per heavy atom. The summed E-state index contributed by atoms with van der Waals surface area (Å²) in [6.07, 6.45) is 4.99. The third kappa shape index (κ3) is 8.81. The van der Waals surface area contributed by atoms with Crippen molar-refractivity contribution in [3.63, 3.8) is 0 Å². The van der Waals surface area contributed by atoms with E-state index in [1.807, 2.05) is 62.5 Å². The van der Waals surface area contributed by atoms with Gasteiger partial charge in [-0.1, -0.05) is 54.9 Å². The number of hydrogen-bond acceptors (Lipinski definition) is 9. The van der Waals surface area contributed by atoms with Crippen molar-refractivity contribution in [3.05, 3.63) is 130 Å². The van der Waals surface area contributed by atoms with Crippen LogP contribution >= 0.6 is 11.6 Å². The number of rotatable bonds is 12. The maximum atomic E-state index is 16.2. The van der Waals surface area contributed by atoms with Crippen LogP contribution < -0.4 is 41.0 Å². The smallest absolute Gasteiger partial charge is 0.329 e. The van der Waals surface area contributed by atoms with Gasteiger partial charge in [-0.15, -0.1) is 0 Å². The molecule has 5 aromatic carbocycles. The fourth-order valence-corrected chi connectivity index (χ4v) is 11.4. The van der Waals surface area contributed by atoms with Gasteiger partial charge in [0.2, 0.25) is 17.7 Å². The molecular weight excluding hydrogens is 930 g/mol. The molecule has 5 N–H and O–H groups in total. The van der Waals surface area contributed by atoms with Crippen LogP contribution in [0, 0.1) is 17.6 Å². The first-order valence-electron chi connectivity index (χ1n) is 24.1. The number of benzene rings is 5. The highest BCUT2D eigenvalue weighted by atomic mass is 35.5.